The van der Waals surface area contributed by atoms with Crippen molar-refractivity contribution in [3.63, 3.8) is 0 Å². The lowest BCUT2D eigenvalue weighted by atomic mass is 10.1. The van der Waals surface area contributed by atoms with E-state index in [9.17, 15) is 0 Å². The van der Waals surface area contributed by atoms with Gasteiger partial charge in [-0.05, 0) is 24.1 Å². The number of aromatic nitrogens is 1. The molecule has 0 amide bonds. The third-order valence-electron chi connectivity index (χ3n) is 2.27. The Labute approximate surface area is 89.6 Å². The Morgan fingerprint density at radius 1 is 1.13 bits per heavy atom. The quantitative estimate of drug-likeness (QED) is 0.740. The van der Waals surface area contributed by atoms with Crippen LogP contribution in [0.5, 0.6) is 5.75 Å². The fourth-order valence-corrected chi connectivity index (χ4v) is 1.46. The van der Waals surface area contributed by atoms with Crippen molar-refractivity contribution < 1.29 is 4.74 Å². The number of benzene rings is 1. The molecule has 1 aromatic heterocycles. The highest BCUT2D eigenvalue weighted by Crippen LogP contribution is 2.28. The zero-order chi connectivity index (χ0) is 10.7. The molecule has 75 valence electrons. The van der Waals surface area contributed by atoms with Crippen LogP contribution in [0, 0.1) is 6.92 Å². The molecule has 0 aliphatic carbocycles. The summed E-state index contributed by atoms with van der Waals surface area (Å²) >= 11 is 0. The van der Waals surface area contributed by atoms with Gasteiger partial charge in [-0.3, -0.25) is 4.98 Å². The van der Waals surface area contributed by atoms with Crippen LogP contribution in [0.15, 0.2) is 42.7 Å². The molecule has 0 atom stereocenters. The Balaban J connectivity index is 2.49. The summed E-state index contributed by atoms with van der Waals surface area (Å²) in [7, 11) is 1.66. The lowest BCUT2D eigenvalue weighted by Crippen LogP contribution is -1.88. The Hall–Kier alpha value is -1.83. The first-order chi connectivity index (χ1) is 7.31. The van der Waals surface area contributed by atoms with Crippen LogP contribution in [0.25, 0.3) is 11.1 Å². The molecule has 15 heavy (non-hydrogen) atoms. The Morgan fingerprint density at radius 2 is 1.87 bits per heavy atom. The van der Waals surface area contributed by atoms with Gasteiger partial charge in [0.25, 0.3) is 0 Å². The van der Waals surface area contributed by atoms with E-state index in [1.165, 1.54) is 0 Å². The first-order valence-corrected chi connectivity index (χ1v) is 4.71. The van der Waals surface area contributed by atoms with Gasteiger partial charge in [0.15, 0.2) is 0 Å². The van der Waals surface area contributed by atoms with Gasteiger partial charge in [-0.2, -0.15) is 0 Å². The van der Waals surface area contributed by atoms with Crippen LogP contribution in [0.4, 0.5) is 0 Å². The van der Waals surface area contributed by atoms with Crippen molar-refractivity contribution in [2.75, 3.05) is 7.11 Å². The smallest absolute Gasteiger partial charge is 0.129 e. The number of nitrogens with zero attached hydrogens (tertiary/aromatic N) is 1. The van der Waals surface area contributed by atoms with Gasteiger partial charge < -0.3 is 4.74 Å². The fourth-order valence-electron chi connectivity index (χ4n) is 1.46. The van der Waals surface area contributed by atoms with E-state index in [0.29, 0.717) is 0 Å². The van der Waals surface area contributed by atoms with E-state index in [4.69, 9.17) is 4.74 Å². The second kappa shape index (κ2) is 4.13. The number of hydrogen-bond donors (Lipinski definition) is 0. The molecule has 0 N–H and O–H groups in total. The van der Waals surface area contributed by atoms with Crippen molar-refractivity contribution in [3.05, 3.63) is 55.2 Å². The largest absolute Gasteiger partial charge is 0.496 e. The summed E-state index contributed by atoms with van der Waals surface area (Å²) in [4.78, 5) is 4.10. The van der Waals surface area contributed by atoms with Crippen molar-refractivity contribution >= 4 is 0 Å². The molecular weight excluding hydrogens is 186 g/mol. The average molecular weight is 198 g/mol. The Morgan fingerprint density at radius 3 is 2.53 bits per heavy atom. The molecule has 0 fully saturated rings. The van der Waals surface area contributed by atoms with E-state index < -0.39 is 0 Å². The molecule has 0 saturated carbocycles. The van der Waals surface area contributed by atoms with Crippen molar-refractivity contribution in [2.24, 2.45) is 0 Å². The zero-order valence-corrected chi connectivity index (χ0v) is 8.60. The van der Waals surface area contributed by atoms with Crippen LogP contribution in [-0.4, -0.2) is 12.1 Å². The summed E-state index contributed by atoms with van der Waals surface area (Å²) in [5, 5.41) is 0. The number of pyridine rings is 1. The number of rotatable bonds is 2. The van der Waals surface area contributed by atoms with Crippen LogP contribution in [0.3, 0.4) is 0 Å². The van der Waals surface area contributed by atoms with Crippen LogP contribution in [0.1, 0.15) is 5.56 Å². The highest BCUT2D eigenvalue weighted by atomic mass is 16.5. The number of ether oxygens (including phenoxy) is 1. The van der Waals surface area contributed by atoms with E-state index in [1.54, 1.807) is 19.5 Å². The number of methoxy groups -OCH3 is 1. The third kappa shape index (κ3) is 1.99. The van der Waals surface area contributed by atoms with Gasteiger partial charge >= 0.3 is 0 Å². The normalized spacial score (nSPS) is 10.0. The number of hydrogen-bond acceptors (Lipinski definition) is 2. The van der Waals surface area contributed by atoms with Gasteiger partial charge in [-0.15, -0.1) is 0 Å². The molecule has 0 bridgehead atoms. The fraction of sp³-hybridized carbons (Fsp3) is 0.0769. The molecular formula is C13H12NO. The second-order valence-electron chi connectivity index (χ2n) is 3.27. The van der Waals surface area contributed by atoms with E-state index >= 15 is 0 Å². The van der Waals surface area contributed by atoms with E-state index in [-0.39, 0.29) is 0 Å². The Bertz CT molecular complexity index is 448. The zero-order valence-electron chi connectivity index (χ0n) is 8.60. The molecule has 1 aromatic carbocycles. The molecule has 0 spiro atoms. The maximum atomic E-state index is 5.27. The molecule has 0 aliphatic heterocycles. The maximum Gasteiger partial charge on any atom is 0.129 e. The Kier molecular flexibility index (Phi) is 2.68. The van der Waals surface area contributed by atoms with Crippen molar-refractivity contribution in [1.82, 2.24) is 4.98 Å². The van der Waals surface area contributed by atoms with Crippen molar-refractivity contribution in [3.8, 4) is 16.9 Å². The highest BCUT2D eigenvalue weighted by molar-refractivity contribution is 5.69. The van der Waals surface area contributed by atoms with E-state index in [2.05, 4.69) is 11.9 Å². The van der Waals surface area contributed by atoms with Gasteiger partial charge in [0.05, 0.1) is 7.11 Å². The molecule has 2 nitrogen and oxygen atoms in total. The highest BCUT2D eigenvalue weighted by Gasteiger charge is 2.04. The lowest BCUT2D eigenvalue weighted by molar-refractivity contribution is 0.416. The summed E-state index contributed by atoms with van der Waals surface area (Å²) in [6.07, 6.45) is 3.52. The van der Waals surface area contributed by atoms with Gasteiger partial charge in [-0.1, -0.05) is 24.3 Å². The predicted molar refractivity (Wildman–Crippen MR) is 60.7 cm³/mol. The lowest BCUT2D eigenvalue weighted by Gasteiger charge is -2.07. The van der Waals surface area contributed by atoms with Crippen LogP contribution in [-0.2, 0) is 0 Å². The molecule has 1 heterocycles. The first-order valence-electron chi connectivity index (χ1n) is 4.71. The van der Waals surface area contributed by atoms with Gasteiger partial charge in [0.2, 0.25) is 0 Å². The molecule has 2 heteroatoms. The minimum atomic E-state index is 0.835. The monoisotopic (exact) mass is 198 g/mol. The minimum Gasteiger partial charge on any atom is -0.496 e. The minimum absolute atomic E-state index is 0.835. The van der Waals surface area contributed by atoms with Crippen LogP contribution < -0.4 is 4.74 Å². The predicted octanol–water partition coefficient (Wildman–Crippen LogP) is 2.94. The standard InChI is InChI=1S/C13H12NO/c1-10-3-5-11(6-4-10)12-9-14-8-7-13(12)15-2/h3-9H,1H2,2H3. The molecule has 0 aliphatic rings. The van der Waals surface area contributed by atoms with Gasteiger partial charge in [0, 0.05) is 18.0 Å². The van der Waals surface area contributed by atoms with Crippen LogP contribution in [0.2, 0.25) is 0 Å². The topological polar surface area (TPSA) is 22.1 Å². The van der Waals surface area contributed by atoms with Crippen LogP contribution >= 0.6 is 0 Å². The summed E-state index contributed by atoms with van der Waals surface area (Å²) in [6.45, 7) is 3.85. The summed E-state index contributed by atoms with van der Waals surface area (Å²) in [5.74, 6) is 0.835. The molecule has 2 aromatic rings. The summed E-state index contributed by atoms with van der Waals surface area (Å²) < 4.78 is 5.27. The molecule has 1 radical (unpaired) electrons. The average Bonchev–Trinajstić information content (AvgIpc) is 2.30. The molecule has 0 saturated heterocycles. The van der Waals surface area contributed by atoms with Crippen molar-refractivity contribution in [2.45, 2.75) is 0 Å². The van der Waals surface area contributed by atoms with E-state index in [1.807, 2.05) is 30.3 Å². The molecule has 0 unspecified atom stereocenters. The maximum absolute atomic E-state index is 5.27. The van der Waals surface area contributed by atoms with Gasteiger partial charge in [-0.25, -0.2) is 0 Å². The van der Waals surface area contributed by atoms with Gasteiger partial charge in [0.1, 0.15) is 5.75 Å². The van der Waals surface area contributed by atoms with E-state index in [0.717, 1.165) is 22.4 Å². The first kappa shape index (κ1) is 9.71. The third-order valence-corrected chi connectivity index (χ3v) is 2.27. The summed E-state index contributed by atoms with van der Waals surface area (Å²) in [6, 6.07) is 9.83. The summed E-state index contributed by atoms with van der Waals surface area (Å²) in [5.41, 5.74) is 3.09. The SMILES string of the molecule is [CH2]c1ccc(-c2cnccc2OC)cc1. The second-order valence-corrected chi connectivity index (χ2v) is 3.27. The van der Waals surface area contributed by atoms with Crippen molar-refractivity contribution in [1.29, 1.82) is 0 Å². The molecule has 2 rings (SSSR count).